The lowest BCUT2D eigenvalue weighted by Gasteiger charge is -2.20. The van der Waals surface area contributed by atoms with Crippen LogP contribution < -0.4 is 0 Å². The molecule has 2 rings (SSSR count). The van der Waals surface area contributed by atoms with Crippen LogP contribution in [-0.2, 0) is 23.7 Å². The van der Waals surface area contributed by atoms with E-state index in [-0.39, 0.29) is 41.7 Å². The molecule has 0 saturated carbocycles. The van der Waals surface area contributed by atoms with Gasteiger partial charge in [-0.05, 0) is 24.0 Å². The molecule has 0 saturated heterocycles. The third kappa shape index (κ3) is 5.39. The SMILES string of the molecule is CN(Cc1nc2c(C(F)(F)F)cc(C(F)(F)F)cc2[nH]1)C(=O)CCC(C)(C)C. The molecule has 10 heteroatoms. The predicted octanol–water partition coefficient (Wildman–Crippen LogP) is 5.39. The summed E-state index contributed by atoms with van der Waals surface area (Å²) in [4.78, 5) is 19.7. The zero-order valence-corrected chi connectivity index (χ0v) is 15.8. The second-order valence-corrected chi connectivity index (χ2v) is 7.91. The molecule has 28 heavy (non-hydrogen) atoms. The van der Waals surface area contributed by atoms with Gasteiger partial charge in [0.2, 0.25) is 5.91 Å². The molecule has 1 aromatic heterocycles. The summed E-state index contributed by atoms with van der Waals surface area (Å²) in [6.45, 7) is 5.76. The van der Waals surface area contributed by atoms with Gasteiger partial charge in [-0.25, -0.2) is 4.98 Å². The number of H-pyrrole nitrogens is 1. The molecule has 1 aromatic carbocycles. The number of rotatable bonds is 4. The smallest absolute Gasteiger partial charge is 0.340 e. The number of alkyl halides is 6. The molecule has 1 heterocycles. The molecule has 156 valence electrons. The van der Waals surface area contributed by atoms with Crippen molar-refractivity contribution in [1.82, 2.24) is 14.9 Å². The maximum absolute atomic E-state index is 13.2. The van der Waals surface area contributed by atoms with E-state index in [0.717, 1.165) is 0 Å². The number of amides is 1. The lowest BCUT2D eigenvalue weighted by molar-refractivity contribution is -0.142. The Kier molecular flexibility index (Phi) is 5.73. The van der Waals surface area contributed by atoms with Crippen molar-refractivity contribution in [2.24, 2.45) is 5.41 Å². The minimum Gasteiger partial charge on any atom is -0.340 e. The highest BCUT2D eigenvalue weighted by atomic mass is 19.4. The first-order valence-electron chi connectivity index (χ1n) is 8.49. The summed E-state index contributed by atoms with van der Waals surface area (Å²) in [5.41, 5.74) is -3.94. The number of aromatic nitrogens is 2. The molecule has 1 N–H and O–H groups in total. The van der Waals surface area contributed by atoms with E-state index in [2.05, 4.69) is 9.97 Å². The molecule has 0 radical (unpaired) electrons. The first-order valence-corrected chi connectivity index (χ1v) is 8.49. The molecular weight excluding hydrogens is 388 g/mol. The topological polar surface area (TPSA) is 49.0 Å². The van der Waals surface area contributed by atoms with Crippen LogP contribution in [0.15, 0.2) is 12.1 Å². The number of hydrogen-bond donors (Lipinski definition) is 1. The molecule has 1 amide bonds. The summed E-state index contributed by atoms with van der Waals surface area (Å²) in [6.07, 6.45) is -9.07. The van der Waals surface area contributed by atoms with E-state index in [1.807, 2.05) is 20.8 Å². The van der Waals surface area contributed by atoms with Crippen molar-refractivity contribution in [3.8, 4) is 0 Å². The highest BCUT2D eigenvalue weighted by molar-refractivity contribution is 5.81. The fourth-order valence-corrected chi connectivity index (χ4v) is 2.61. The van der Waals surface area contributed by atoms with Gasteiger partial charge in [-0.2, -0.15) is 26.3 Å². The van der Waals surface area contributed by atoms with Crippen molar-refractivity contribution in [1.29, 1.82) is 0 Å². The number of imidazole rings is 1. The van der Waals surface area contributed by atoms with Crippen molar-refractivity contribution in [2.75, 3.05) is 7.05 Å². The third-order valence-corrected chi connectivity index (χ3v) is 4.17. The third-order valence-electron chi connectivity index (χ3n) is 4.17. The van der Waals surface area contributed by atoms with Gasteiger partial charge in [-0.15, -0.1) is 0 Å². The fraction of sp³-hybridized carbons (Fsp3) is 0.556. The number of carbonyl (C=O) groups excluding carboxylic acids is 1. The Bertz CT molecular complexity index is 861. The van der Waals surface area contributed by atoms with E-state index in [4.69, 9.17) is 0 Å². The highest BCUT2D eigenvalue weighted by Gasteiger charge is 2.39. The number of nitrogens with one attached hydrogen (secondary N) is 1. The summed E-state index contributed by atoms with van der Waals surface area (Å²) in [5.74, 6) is -0.256. The largest absolute Gasteiger partial charge is 0.418 e. The monoisotopic (exact) mass is 409 g/mol. The number of halogens is 6. The molecule has 2 aromatic rings. The lowest BCUT2D eigenvalue weighted by atomic mass is 9.90. The van der Waals surface area contributed by atoms with Gasteiger partial charge < -0.3 is 9.88 Å². The molecule has 0 aliphatic carbocycles. The highest BCUT2D eigenvalue weighted by Crippen LogP contribution is 2.39. The number of aromatic amines is 1. The first kappa shape index (κ1) is 22.0. The Morgan fingerprint density at radius 3 is 2.18 bits per heavy atom. The maximum atomic E-state index is 13.2. The predicted molar refractivity (Wildman–Crippen MR) is 91.3 cm³/mol. The van der Waals surface area contributed by atoms with Crippen LogP contribution in [0.3, 0.4) is 0 Å². The standard InChI is InChI=1S/C18H21F6N3O/c1-16(2,3)6-5-14(28)27(4)9-13-25-12-8-10(17(19,20)21)7-11(15(12)26-13)18(22,23)24/h7-8H,5-6,9H2,1-4H3,(H,25,26). The number of carbonyl (C=O) groups is 1. The number of fused-ring (bicyclic) bond motifs is 1. The quantitative estimate of drug-likeness (QED) is 0.689. The van der Waals surface area contributed by atoms with Crippen LogP contribution in [0.2, 0.25) is 0 Å². The molecule has 0 aliphatic heterocycles. The van der Waals surface area contributed by atoms with E-state index < -0.39 is 29.0 Å². The molecule has 0 spiro atoms. The summed E-state index contributed by atoms with van der Waals surface area (Å²) < 4.78 is 78.4. The van der Waals surface area contributed by atoms with Crippen molar-refractivity contribution in [3.63, 3.8) is 0 Å². The van der Waals surface area contributed by atoms with Crippen molar-refractivity contribution < 1.29 is 31.1 Å². The molecular formula is C18H21F6N3O. The number of benzene rings is 1. The summed E-state index contributed by atoms with van der Waals surface area (Å²) >= 11 is 0. The van der Waals surface area contributed by atoms with Gasteiger partial charge in [-0.1, -0.05) is 20.8 Å². The van der Waals surface area contributed by atoms with Gasteiger partial charge in [0.25, 0.3) is 0 Å². The maximum Gasteiger partial charge on any atom is 0.418 e. The van der Waals surface area contributed by atoms with E-state index in [1.54, 1.807) is 0 Å². The van der Waals surface area contributed by atoms with E-state index >= 15 is 0 Å². The molecule has 0 aliphatic rings. The average molecular weight is 409 g/mol. The van der Waals surface area contributed by atoms with E-state index in [0.29, 0.717) is 12.5 Å². The Balaban J connectivity index is 2.34. The number of nitrogens with zero attached hydrogens (tertiary/aromatic N) is 2. The normalized spacial score (nSPS) is 13.2. The Labute approximate surface area is 157 Å². The number of hydrogen-bond acceptors (Lipinski definition) is 2. The van der Waals surface area contributed by atoms with E-state index in [9.17, 15) is 31.1 Å². The van der Waals surface area contributed by atoms with Gasteiger partial charge in [0.1, 0.15) is 11.3 Å². The van der Waals surface area contributed by atoms with Crippen LogP contribution in [0.5, 0.6) is 0 Å². The minimum atomic E-state index is -5.00. The molecule has 4 nitrogen and oxygen atoms in total. The van der Waals surface area contributed by atoms with Gasteiger partial charge in [0.05, 0.1) is 23.2 Å². The van der Waals surface area contributed by atoms with Gasteiger partial charge in [-0.3, -0.25) is 4.79 Å². The second-order valence-electron chi connectivity index (χ2n) is 7.91. The van der Waals surface area contributed by atoms with Crippen LogP contribution in [0.25, 0.3) is 11.0 Å². The molecule has 0 unspecified atom stereocenters. The van der Waals surface area contributed by atoms with Crippen LogP contribution in [-0.4, -0.2) is 27.8 Å². The zero-order chi connectivity index (χ0) is 21.5. The van der Waals surface area contributed by atoms with Crippen LogP contribution >= 0.6 is 0 Å². The second kappa shape index (κ2) is 7.29. The Hall–Kier alpha value is -2.26. The van der Waals surface area contributed by atoms with Crippen molar-refractivity contribution in [3.05, 3.63) is 29.1 Å². The summed E-state index contributed by atoms with van der Waals surface area (Å²) in [6, 6.07) is 0.633. The van der Waals surface area contributed by atoms with Gasteiger partial charge in [0, 0.05) is 13.5 Å². The lowest BCUT2D eigenvalue weighted by Crippen LogP contribution is -2.27. The van der Waals surface area contributed by atoms with Gasteiger partial charge in [0.15, 0.2) is 0 Å². The van der Waals surface area contributed by atoms with E-state index in [1.165, 1.54) is 11.9 Å². The summed E-state index contributed by atoms with van der Waals surface area (Å²) in [5, 5.41) is 0. The van der Waals surface area contributed by atoms with Crippen LogP contribution in [0.4, 0.5) is 26.3 Å². The Morgan fingerprint density at radius 1 is 1.07 bits per heavy atom. The van der Waals surface area contributed by atoms with Crippen LogP contribution in [0, 0.1) is 5.41 Å². The van der Waals surface area contributed by atoms with Crippen molar-refractivity contribution >= 4 is 16.9 Å². The minimum absolute atomic E-state index is 0.0218. The Morgan fingerprint density at radius 2 is 1.68 bits per heavy atom. The van der Waals surface area contributed by atoms with Gasteiger partial charge >= 0.3 is 12.4 Å². The summed E-state index contributed by atoms with van der Waals surface area (Å²) in [7, 11) is 1.46. The molecule has 0 fully saturated rings. The zero-order valence-electron chi connectivity index (χ0n) is 15.8. The first-order chi connectivity index (χ1) is 12.6. The molecule has 0 atom stereocenters. The average Bonchev–Trinajstić information content (AvgIpc) is 2.90. The van der Waals surface area contributed by atoms with Crippen molar-refractivity contribution in [2.45, 2.75) is 52.5 Å². The van der Waals surface area contributed by atoms with Crippen LogP contribution in [0.1, 0.15) is 50.6 Å². The molecule has 0 bridgehead atoms. The fourth-order valence-electron chi connectivity index (χ4n) is 2.61.